The number of anilines is 1. The lowest BCUT2D eigenvalue weighted by Gasteiger charge is -2.22. The fourth-order valence-electron chi connectivity index (χ4n) is 2.03. The Morgan fingerprint density at radius 3 is 2.95 bits per heavy atom. The molecule has 2 rings (SSSR count). The van der Waals surface area contributed by atoms with Crippen molar-refractivity contribution in [3.8, 4) is 0 Å². The van der Waals surface area contributed by atoms with Gasteiger partial charge in [-0.1, -0.05) is 6.07 Å². The molecule has 0 aliphatic carbocycles. The first kappa shape index (κ1) is 13.7. The molecule has 3 N–H and O–H groups in total. The topological polar surface area (TPSA) is 98.3 Å². The highest BCUT2D eigenvalue weighted by Crippen LogP contribution is 2.25. The van der Waals surface area contributed by atoms with E-state index in [9.17, 15) is 14.9 Å². The highest BCUT2D eigenvalue weighted by molar-refractivity contribution is 7.99. The second-order valence-electron chi connectivity index (χ2n) is 4.38. The van der Waals surface area contributed by atoms with Crippen LogP contribution in [0.2, 0.25) is 0 Å². The first-order valence-corrected chi connectivity index (χ1v) is 7.16. The molecule has 1 atom stereocenters. The summed E-state index contributed by atoms with van der Waals surface area (Å²) in [5.74, 6) is 1.65. The lowest BCUT2D eigenvalue weighted by atomic mass is 10.1. The van der Waals surface area contributed by atoms with Gasteiger partial charge in [0.1, 0.15) is 5.69 Å². The summed E-state index contributed by atoms with van der Waals surface area (Å²) in [6.45, 7) is 0. The number of carbonyl (C=O) groups excluding carboxylic acids is 1. The molecular weight excluding hydrogens is 266 g/mol. The van der Waals surface area contributed by atoms with Gasteiger partial charge in [-0.3, -0.25) is 14.9 Å². The van der Waals surface area contributed by atoms with Gasteiger partial charge >= 0.3 is 0 Å². The zero-order valence-corrected chi connectivity index (χ0v) is 11.1. The summed E-state index contributed by atoms with van der Waals surface area (Å²) < 4.78 is 0. The minimum absolute atomic E-state index is 0.0755. The summed E-state index contributed by atoms with van der Waals surface area (Å²) in [5, 5.41) is 13.7. The molecule has 19 heavy (non-hydrogen) atoms. The summed E-state index contributed by atoms with van der Waals surface area (Å²) in [6, 6.07) is 4.39. The molecule has 0 spiro atoms. The maximum Gasteiger partial charge on any atom is 0.292 e. The minimum Gasteiger partial charge on any atom is -0.393 e. The number of nitrogens with zero attached hydrogens (tertiary/aromatic N) is 1. The van der Waals surface area contributed by atoms with E-state index < -0.39 is 4.92 Å². The fraction of sp³-hybridized carbons (Fsp3) is 0.417. The molecule has 0 aromatic heterocycles. The summed E-state index contributed by atoms with van der Waals surface area (Å²) in [6.07, 6.45) is 2.01. The third-order valence-corrected chi connectivity index (χ3v) is 4.24. The zero-order valence-electron chi connectivity index (χ0n) is 10.3. The van der Waals surface area contributed by atoms with Crippen LogP contribution in [-0.4, -0.2) is 28.4 Å². The monoisotopic (exact) mass is 281 g/mol. The third-order valence-electron chi connectivity index (χ3n) is 3.02. The molecule has 1 aromatic rings. The van der Waals surface area contributed by atoms with E-state index in [1.807, 2.05) is 0 Å². The molecule has 1 amide bonds. The Kier molecular flexibility index (Phi) is 4.26. The van der Waals surface area contributed by atoms with Crippen molar-refractivity contribution in [1.82, 2.24) is 5.32 Å². The van der Waals surface area contributed by atoms with Crippen LogP contribution in [0.4, 0.5) is 11.4 Å². The number of para-hydroxylation sites is 1. The number of nitro benzene ring substituents is 1. The van der Waals surface area contributed by atoms with Crippen molar-refractivity contribution >= 4 is 29.0 Å². The number of nitro groups is 1. The number of hydrogen-bond acceptors (Lipinski definition) is 5. The molecule has 7 heteroatoms. The van der Waals surface area contributed by atoms with Gasteiger partial charge in [0.15, 0.2) is 0 Å². The normalized spacial score (nSPS) is 18.8. The van der Waals surface area contributed by atoms with Gasteiger partial charge in [-0.2, -0.15) is 11.8 Å². The van der Waals surface area contributed by atoms with Crippen LogP contribution < -0.4 is 11.1 Å². The number of nitrogen functional groups attached to an aromatic ring is 1. The lowest BCUT2D eigenvalue weighted by Crippen LogP contribution is -2.38. The quantitative estimate of drug-likeness (QED) is 0.500. The number of nitrogens with one attached hydrogen (secondary N) is 1. The molecule has 0 bridgehead atoms. The van der Waals surface area contributed by atoms with Crippen LogP contribution in [0, 0.1) is 10.1 Å². The molecule has 6 nitrogen and oxygen atoms in total. The summed E-state index contributed by atoms with van der Waals surface area (Å²) in [5.41, 5.74) is 5.55. The number of thioether (sulfide) groups is 1. The predicted molar refractivity (Wildman–Crippen MR) is 75.3 cm³/mol. The average molecular weight is 281 g/mol. The largest absolute Gasteiger partial charge is 0.393 e. The number of carbonyl (C=O) groups is 1. The number of amides is 1. The van der Waals surface area contributed by atoms with Crippen molar-refractivity contribution in [3.05, 3.63) is 33.9 Å². The van der Waals surface area contributed by atoms with Crippen molar-refractivity contribution in [2.24, 2.45) is 0 Å². The van der Waals surface area contributed by atoms with E-state index in [0.717, 1.165) is 24.3 Å². The van der Waals surface area contributed by atoms with E-state index in [1.54, 1.807) is 11.8 Å². The molecule has 1 unspecified atom stereocenters. The minimum atomic E-state index is -0.581. The van der Waals surface area contributed by atoms with Crippen LogP contribution in [0.3, 0.4) is 0 Å². The van der Waals surface area contributed by atoms with Gasteiger partial charge in [-0.25, -0.2) is 0 Å². The molecule has 1 aromatic carbocycles. The van der Waals surface area contributed by atoms with Gasteiger partial charge in [0.25, 0.3) is 11.6 Å². The molecule has 1 fully saturated rings. The molecule has 1 aliphatic rings. The number of nitrogens with two attached hydrogens (primary N) is 1. The van der Waals surface area contributed by atoms with E-state index in [1.165, 1.54) is 18.2 Å². The Labute approximate surface area is 114 Å². The molecule has 1 saturated heterocycles. The van der Waals surface area contributed by atoms with Crippen LogP contribution in [-0.2, 0) is 0 Å². The van der Waals surface area contributed by atoms with Gasteiger partial charge in [0.05, 0.1) is 10.5 Å². The predicted octanol–water partition coefficient (Wildman–Crippen LogP) is 1.80. The molecule has 102 valence electrons. The van der Waals surface area contributed by atoms with Gasteiger partial charge < -0.3 is 11.1 Å². The smallest absolute Gasteiger partial charge is 0.292 e. The second-order valence-corrected chi connectivity index (χ2v) is 5.53. The molecule has 0 radical (unpaired) electrons. The van der Waals surface area contributed by atoms with Crippen LogP contribution in [0.5, 0.6) is 0 Å². The van der Waals surface area contributed by atoms with Crippen molar-refractivity contribution in [2.75, 3.05) is 17.2 Å². The third kappa shape index (κ3) is 3.17. The maximum atomic E-state index is 12.1. The fourth-order valence-corrected chi connectivity index (χ4v) is 3.10. The van der Waals surface area contributed by atoms with E-state index in [4.69, 9.17) is 5.73 Å². The Morgan fingerprint density at radius 2 is 2.32 bits per heavy atom. The molecule has 1 aliphatic heterocycles. The van der Waals surface area contributed by atoms with Crippen LogP contribution in [0.1, 0.15) is 23.2 Å². The van der Waals surface area contributed by atoms with Crippen molar-refractivity contribution in [1.29, 1.82) is 0 Å². The highest BCUT2D eigenvalue weighted by Gasteiger charge is 2.22. The molecule has 1 heterocycles. The summed E-state index contributed by atoms with van der Waals surface area (Å²) >= 11 is 1.80. The summed E-state index contributed by atoms with van der Waals surface area (Å²) in [4.78, 5) is 22.3. The first-order chi connectivity index (χ1) is 9.09. The Hall–Kier alpha value is -1.76. The lowest BCUT2D eigenvalue weighted by molar-refractivity contribution is -0.383. The van der Waals surface area contributed by atoms with Crippen LogP contribution >= 0.6 is 11.8 Å². The first-order valence-electron chi connectivity index (χ1n) is 6.01. The van der Waals surface area contributed by atoms with Crippen molar-refractivity contribution < 1.29 is 9.72 Å². The van der Waals surface area contributed by atoms with E-state index in [0.29, 0.717) is 0 Å². The van der Waals surface area contributed by atoms with Gasteiger partial charge in [-0.15, -0.1) is 0 Å². The molecule has 0 saturated carbocycles. The standard InChI is InChI=1S/C12H15N3O3S/c13-11-9(4-1-5-10(11)15(17)18)12(16)14-8-3-2-6-19-7-8/h1,4-5,8H,2-3,6-7,13H2,(H,14,16). The van der Waals surface area contributed by atoms with Crippen LogP contribution in [0.15, 0.2) is 18.2 Å². The number of benzene rings is 1. The van der Waals surface area contributed by atoms with E-state index >= 15 is 0 Å². The maximum absolute atomic E-state index is 12.1. The van der Waals surface area contributed by atoms with Gasteiger partial charge in [0, 0.05) is 17.9 Å². The Balaban J connectivity index is 2.14. The SMILES string of the molecule is Nc1c(C(=O)NC2CCCSC2)cccc1[N+](=O)[O-]. The summed E-state index contributed by atoms with van der Waals surface area (Å²) in [7, 11) is 0. The van der Waals surface area contributed by atoms with Crippen molar-refractivity contribution in [2.45, 2.75) is 18.9 Å². The second kappa shape index (κ2) is 5.92. The molecular formula is C12H15N3O3S. The van der Waals surface area contributed by atoms with E-state index in [2.05, 4.69) is 5.32 Å². The number of hydrogen-bond donors (Lipinski definition) is 2. The highest BCUT2D eigenvalue weighted by atomic mass is 32.2. The van der Waals surface area contributed by atoms with Crippen LogP contribution in [0.25, 0.3) is 0 Å². The van der Waals surface area contributed by atoms with Gasteiger partial charge in [0.2, 0.25) is 0 Å². The average Bonchev–Trinajstić information content (AvgIpc) is 2.39. The zero-order chi connectivity index (χ0) is 13.8. The van der Waals surface area contributed by atoms with E-state index in [-0.39, 0.29) is 28.9 Å². The number of rotatable bonds is 3. The van der Waals surface area contributed by atoms with Crippen molar-refractivity contribution in [3.63, 3.8) is 0 Å². The van der Waals surface area contributed by atoms with Gasteiger partial charge in [-0.05, 0) is 24.7 Å². The Bertz CT molecular complexity index is 501. The Morgan fingerprint density at radius 1 is 1.53 bits per heavy atom.